The summed E-state index contributed by atoms with van der Waals surface area (Å²) in [4.78, 5) is 49.5. The molecule has 2 aliphatic rings. The molecule has 2 aromatic carbocycles. The average Bonchev–Trinajstić information content (AvgIpc) is 3.07. The normalized spacial score (nSPS) is 14.8. The van der Waals surface area contributed by atoms with Crippen LogP contribution >= 0.6 is 0 Å². The first-order chi connectivity index (χ1) is 22.2. The van der Waals surface area contributed by atoms with Gasteiger partial charge in [0.2, 0.25) is 0 Å². The van der Waals surface area contributed by atoms with Gasteiger partial charge in [0.1, 0.15) is 11.5 Å². The van der Waals surface area contributed by atoms with E-state index in [1.54, 1.807) is 41.2 Å². The molecule has 2 amide bonds. The molecule has 0 saturated carbocycles. The molecule has 0 atom stereocenters. The Morgan fingerprint density at radius 2 is 1.85 bits per heavy atom. The van der Waals surface area contributed by atoms with Gasteiger partial charge in [0.15, 0.2) is 0 Å². The minimum absolute atomic E-state index is 0.118. The molecule has 1 fully saturated rings. The van der Waals surface area contributed by atoms with Crippen molar-refractivity contribution in [2.45, 2.75) is 6.42 Å². The summed E-state index contributed by atoms with van der Waals surface area (Å²) in [7, 11) is 5.57. The fraction of sp³-hybridized carbons (Fsp3) is 0.265. The second-order valence-corrected chi connectivity index (χ2v) is 11.4. The number of benzene rings is 2. The van der Waals surface area contributed by atoms with Gasteiger partial charge in [-0.1, -0.05) is 17.3 Å². The lowest BCUT2D eigenvalue weighted by Crippen LogP contribution is -2.40. The Hall–Kier alpha value is -5.49. The highest BCUT2D eigenvalue weighted by Crippen LogP contribution is 2.34. The average molecular weight is 622 g/mol. The van der Waals surface area contributed by atoms with Crippen molar-refractivity contribution in [3.63, 3.8) is 0 Å². The maximum atomic E-state index is 13.7. The van der Waals surface area contributed by atoms with Crippen LogP contribution in [-0.4, -0.2) is 84.6 Å². The number of hydrogen-bond donors (Lipinski definition) is 2. The van der Waals surface area contributed by atoms with Crippen LogP contribution in [0.4, 0.5) is 22.9 Å². The fourth-order valence-electron chi connectivity index (χ4n) is 5.85. The van der Waals surface area contributed by atoms with E-state index in [4.69, 9.17) is 4.74 Å². The SMILES string of the molecule is CN(C)c1ccc2c(c1)CCN(c1cccc(-c3cc(Nc4ccc(C(=O)N5CCOCC5)cn4)c(=O)n(C)c3)c1/C=N/O)C2=O. The van der Waals surface area contributed by atoms with Crippen molar-refractivity contribution in [2.75, 3.05) is 62.1 Å². The number of fused-ring (bicyclic) bond motifs is 1. The molecular formula is C34H35N7O5. The van der Waals surface area contributed by atoms with Crippen LogP contribution in [-0.2, 0) is 18.2 Å². The third-order valence-electron chi connectivity index (χ3n) is 8.31. The lowest BCUT2D eigenvalue weighted by molar-refractivity contribution is 0.0302. The van der Waals surface area contributed by atoms with Crippen molar-refractivity contribution in [3.8, 4) is 11.1 Å². The van der Waals surface area contributed by atoms with Crippen LogP contribution in [0.25, 0.3) is 11.1 Å². The van der Waals surface area contributed by atoms with Gasteiger partial charge in [-0.15, -0.1) is 0 Å². The summed E-state index contributed by atoms with van der Waals surface area (Å²) in [6, 6.07) is 16.4. The van der Waals surface area contributed by atoms with Gasteiger partial charge in [-0.05, 0) is 60.0 Å². The number of aryl methyl sites for hydroxylation is 1. The summed E-state index contributed by atoms with van der Waals surface area (Å²) in [5, 5.41) is 16.1. The molecule has 2 aliphatic heterocycles. The van der Waals surface area contributed by atoms with Crippen LogP contribution in [0.15, 0.2) is 76.9 Å². The summed E-state index contributed by atoms with van der Waals surface area (Å²) < 4.78 is 6.78. The molecule has 12 heteroatoms. The second-order valence-electron chi connectivity index (χ2n) is 11.4. The van der Waals surface area contributed by atoms with Gasteiger partial charge in [-0.3, -0.25) is 14.4 Å². The van der Waals surface area contributed by atoms with E-state index >= 15 is 0 Å². The summed E-state index contributed by atoms with van der Waals surface area (Å²) in [5.41, 5.74) is 5.51. The van der Waals surface area contributed by atoms with E-state index < -0.39 is 0 Å². The van der Waals surface area contributed by atoms with Gasteiger partial charge in [0.05, 0.1) is 30.7 Å². The lowest BCUT2D eigenvalue weighted by atomic mass is 9.94. The van der Waals surface area contributed by atoms with Crippen LogP contribution in [0.5, 0.6) is 0 Å². The van der Waals surface area contributed by atoms with Gasteiger partial charge in [-0.2, -0.15) is 0 Å². The van der Waals surface area contributed by atoms with Crippen molar-refractivity contribution >= 4 is 40.9 Å². The maximum Gasteiger partial charge on any atom is 0.274 e. The molecule has 0 unspecified atom stereocenters. The number of morpholine rings is 1. The molecule has 0 bridgehead atoms. The number of oxime groups is 1. The molecule has 12 nitrogen and oxygen atoms in total. The summed E-state index contributed by atoms with van der Waals surface area (Å²) in [6.45, 7) is 2.53. The molecular weight excluding hydrogens is 586 g/mol. The predicted molar refractivity (Wildman–Crippen MR) is 177 cm³/mol. The smallest absolute Gasteiger partial charge is 0.274 e. The van der Waals surface area contributed by atoms with Gasteiger partial charge in [-0.25, -0.2) is 4.98 Å². The van der Waals surface area contributed by atoms with Crippen LogP contribution < -0.4 is 20.7 Å². The molecule has 2 N–H and O–H groups in total. The van der Waals surface area contributed by atoms with E-state index in [-0.39, 0.29) is 23.1 Å². The van der Waals surface area contributed by atoms with E-state index in [1.165, 1.54) is 17.0 Å². The quantitative estimate of drug-likeness (QED) is 0.181. The molecule has 2 aromatic heterocycles. The maximum absolute atomic E-state index is 13.7. The van der Waals surface area contributed by atoms with Crippen LogP contribution in [0.2, 0.25) is 0 Å². The first kappa shape index (κ1) is 30.5. The molecule has 1 saturated heterocycles. The van der Waals surface area contributed by atoms with E-state index in [9.17, 15) is 19.6 Å². The number of nitrogens with one attached hydrogen (secondary N) is 1. The fourth-order valence-corrected chi connectivity index (χ4v) is 5.85. The number of aromatic nitrogens is 2. The minimum Gasteiger partial charge on any atom is -0.411 e. The zero-order chi connectivity index (χ0) is 32.4. The second kappa shape index (κ2) is 12.9. The molecule has 46 heavy (non-hydrogen) atoms. The van der Waals surface area contributed by atoms with E-state index in [1.807, 2.05) is 55.4 Å². The van der Waals surface area contributed by atoms with E-state index in [0.29, 0.717) is 78.6 Å². The van der Waals surface area contributed by atoms with Crippen molar-refractivity contribution < 1.29 is 19.5 Å². The zero-order valence-corrected chi connectivity index (χ0v) is 25.9. The standard InChI is InChI=1S/C34H35N7O5/c1-38(2)25-8-9-27-22(17-25)11-12-41(33(27)43)30-6-4-5-26(28(30)20-36-45)24-18-29(34(44)39(3)21-24)37-31-10-7-23(19-35-31)32(42)40-13-15-46-16-14-40/h4-10,17-21,45H,11-16H2,1-3H3,(H,35,37)/b36-20+. The third kappa shape index (κ3) is 5.94. The Morgan fingerprint density at radius 1 is 1.04 bits per heavy atom. The zero-order valence-electron chi connectivity index (χ0n) is 25.9. The summed E-state index contributed by atoms with van der Waals surface area (Å²) in [6.07, 6.45) is 5.16. The van der Waals surface area contributed by atoms with Gasteiger partial charge in [0.25, 0.3) is 17.4 Å². The highest BCUT2D eigenvalue weighted by atomic mass is 16.5. The van der Waals surface area contributed by atoms with Gasteiger partial charge >= 0.3 is 0 Å². The molecule has 236 valence electrons. The number of pyridine rings is 2. The van der Waals surface area contributed by atoms with Crippen molar-refractivity contribution in [1.82, 2.24) is 14.5 Å². The van der Waals surface area contributed by atoms with Crippen LogP contribution in [0.1, 0.15) is 31.8 Å². The largest absolute Gasteiger partial charge is 0.411 e. The van der Waals surface area contributed by atoms with Crippen LogP contribution in [0, 0.1) is 0 Å². The first-order valence-electron chi connectivity index (χ1n) is 15.0. The number of carbonyl (C=O) groups excluding carboxylic acids is 2. The minimum atomic E-state index is -0.285. The molecule has 0 spiro atoms. The lowest BCUT2D eigenvalue weighted by Gasteiger charge is -2.31. The number of anilines is 4. The van der Waals surface area contributed by atoms with Crippen molar-refractivity contribution in [3.05, 3.63) is 99.6 Å². The van der Waals surface area contributed by atoms with Crippen molar-refractivity contribution in [2.24, 2.45) is 12.2 Å². The Morgan fingerprint density at radius 3 is 2.57 bits per heavy atom. The highest BCUT2D eigenvalue weighted by Gasteiger charge is 2.28. The van der Waals surface area contributed by atoms with E-state index in [0.717, 1.165) is 11.3 Å². The van der Waals surface area contributed by atoms with Crippen molar-refractivity contribution in [1.29, 1.82) is 0 Å². The number of ether oxygens (including phenoxy) is 1. The number of carbonyl (C=O) groups is 2. The van der Waals surface area contributed by atoms with Gasteiger partial charge < -0.3 is 34.5 Å². The summed E-state index contributed by atoms with van der Waals surface area (Å²) in [5.74, 6) is 0.140. The third-order valence-corrected chi connectivity index (χ3v) is 8.31. The number of hydrogen-bond acceptors (Lipinski definition) is 9. The molecule has 4 aromatic rings. The Kier molecular flexibility index (Phi) is 8.53. The summed E-state index contributed by atoms with van der Waals surface area (Å²) >= 11 is 0. The molecule has 6 rings (SSSR count). The molecule has 0 aliphatic carbocycles. The monoisotopic (exact) mass is 621 g/mol. The first-order valence-corrected chi connectivity index (χ1v) is 15.0. The predicted octanol–water partition coefficient (Wildman–Crippen LogP) is 3.74. The van der Waals surface area contributed by atoms with Gasteiger partial charge in [0, 0.05) is 75.5 Å². The molecule has 4 heterocycles. The Labute approximate surface area is 266 Å². The van der Waals surface area contributed by atoms with Crippen LogP contribution in [0.3, 0.4) is 0 Å². The number of amides is 2. The highest BCUT2D eigenvalue weighted by molar-refractivity contribution is 6.11. The Balaban J connectivity index is 1.31. The number of rotatable bonds is 7. The Bertz CT molecular complexity index is 1880. The number of nitrogens with zero attached hydrogens (tertiary/aromatic N) is 6. The topological polar surface area (TPSA) is 133 Å². The molecule has 0 radical (unpaired) electrons. The van der Waals surface area contributed by atoms with E-state index in [2.05, 4.69) is 15.5 Å².